The number of allylic oxidation sites excluding steroid dienone is 1. The first-order valence-corrected chi connectivity index (χ1v) is 11.4. The second-order valence-corrected chi connectivity index (χ2v) is 10.0. The molecule has 1 aromatic carbocycles. The molecule has 0 bridgehead atoms. The Kier molecular flexibility index (Phi) is 4.79. The maximum absolute atomic E-state index is 9.86. The van der Waals surface area contributed by atoms with Crippen LogP contribution < -0.4 is 0 Å². The zero-order chi connectivity index (χ0) is 19.3. The number of hydrogen-bond acceptors (Lipinski definition) is 3. The van der Waals surface area contributed by atoms with Crippen molar-refractivity contribution in [1.29, 1.82) is 0 Å². The van der Waals surface area contributed by atoms with E-state index in [1.165, 1.54) is 56.2 Å². The predicted molar refractivity (Wildman–Crippen MR) is 113 cm³/mol. The fraction of sp³-hybridized carbons (Fsp3) is 0.680. The number of aryl methyl sites for hydroxylation is 1. The summed E-state index contributed by atoms with van der Waals surface area (Å²) < 4.78 is 6.18. The molecule has 4 aliphatic rings. The van der Waals surface area contributed by atoms with Gasteiger partial charge in [0.1, 0.15) is 5.75 Å². The molecular weight excluding hydrogens is 346 g/mol. The van der Waals surface area contributed by atoms with Crippen LogP contribution in [0.5, 0.6) is 5.75 Å². The van der Waals surface area contributed by atoms with Crippen LogP contribution in [0.3, 0.4) is 0 Å². The van der Waals surface area contributed by atoms with Crippen molar-refractivity contribution < 1.29 is 9.84 Å². The minimum absolute atomic E-state index is 0.380. The number of likely N-dealkylation sites (tertiary alicyclic amines) is 1. The van der Waals surface area contributed by atoms with E-state index in [9.17, 15) is 5.11 Å². The summed E-state index contributed by atoms with van der Waals surface area (Å²) in [4.78, 5) is 2.37. The Balaban J connectivity index is 1.30. The molecule has 152 valence electrons. The molecule has 1 unspecified atom stereocenters. The van der Waals surface area contributed by atoms with Gasteiger partial charge in [-0.1, -0.05) is 24.6 Å². The van der Waals surface area contributed by atoms with Gasteiger partial charge in [-0.3, -0.25) is 0 Å². The Morgan fingerprint density at radius 1 is 1.21 bits per heavy atom. The molecular formula is C25H35NO2. The van der Waals surface area contributed by atoms with E-state index in [-0.39, 0.29) is 0 Å². The van der Waals surface area contributed by atoms with Crippen LogP contribution in [-0.2, 0) is 11.2 Å². The van der Waals surface area contributed by atoms with Gasteiger partial charge in [-0.25, -0.2) is 0 Å². The Morgan fingerprint density at radius 2 is 2.11 bits per heavy atom. The summed E-state index contributed by atoms with van der Waals surface area (Å²) in [5.74, 6) is 2.76. The van der Waals surface area contributed by atoms with Gasteiger partial charge in [0, 0.05) is 13.1 Å². The Bertz CT molecular complexity index is 772. The summed E-state index contributed by atoms with van der Waals surface area (Å²) in [5.41, 5.74) is 4.99. The molecule has 3 heteroatoms. The third kappa shape index (κ3) is 3.11. The Hall–Kier alpha value is -1.32. The van der Waals surface area contributed by atoms with Crippen LogP contribution >= 0.6 is 0 Å². The monoisotopic (exact) mass is 381 g/mol. The molecule has 1 aromatic rings. The quantitative estimate of drug-likeness (QED) is 0.756. The molecule has 0 amide bonds. The number of rotatable bonds is 3. The molecule has 1 aliphatic heterocycles. The van der Waals surface area contributed by atoms with E-state index in [2.05, 4.69) is 31.0 Å². The molecule has 2 saturated carbocycles. The van der Waals surface area contributed by atoms with Gasteiger partial charge in [0.25, 0.3) is 0 Å². The van der Waals surface area contributed by atoms with Gasteiger partial charge in [-0.2, -0.15) is 0 Å². The van der Waals surface area contributed by atoms with Crippen molar-refractivity contribution in [1.82, 2.24) is 4.90 Å². The van der Waals surface area contributed by atoms with E-state index in [1.807, 2.05) is 12.1 Å². The van der Waals surface area contributed by atoms with Crippen molar-refractivity contribution >= 4 is 0 Å². The number of ether oxygens (including phenoxy) is 1. The van der Waals surface area contributed by atoms with Crippen molar-refractivity contribution in [3.63, 3.8) is 0 Å². The average Bonchev–Trinajstić information content (AvgIpc) is 3.24. The highest BCUT2D eigenvalue weighted by molar-refractivity contribution is 5.40. The van der Waals surface area contributed by atoms with Crippen molar-refractivity contribution in [2.45, 2.75) is 63.9 Å². The summed E-state index contributed by atoms with van der Waals surface area (Å²) in [6.45, 7) is 5.60. The van der Waals surface area contributed by atoms with Crippen LogP contribution in [0.1, 0.15) is 62.5 Å². The first-order valence-electron chi connectivity index (χ1n) is 11.4. The summed E-state index contributed by atoms with van der Waals surface area (Å²) in [7, 11) is 2.19. The number of aromatic hydroxyl groups is 1. The molecule has 0 radical (unpaired) electrons. The maximum Gasteiger partial charge on any atom is 0.115 e. The lowest BCUT2D eigenvalue weighted by Gasteiger charge is -2.49. The number of fused-ring (bicyclic) bond motifs is 5. The lowest BCUT2D eigenvalue weighted by Crippen LogP contribution is -2.40. The van der Waals surface area contributed by atoms with E-state index >= 15 is 0 Å². The van der Waals surface area contributed by atoms with Gasteiger partial charge >= 0.3 is 0 Å². The second-order valence-electron chi connectivity index (χ2n) is 10.0. The van der Waals surface area contributed by atoms with Gasteiger partial charge in [0.2, 0.25) is 0 Å². The van der Waals surface area contributed by atoms with Gasteiger partial charge in [0.05, 0.1) is 12.7 Å². The van der Waals surface area contributed by atoms with Crippen LogP contribution in [0.2, 0.25) is 0 Å². The molecule has 5 rings (SSSR count). The van der Waals surface area contributed by atoms with Crippen LogP contribution in [0, 0.1) is 17.3 Å². The Morgan fingerprint density at radius 3 is 2.93 bits per heavy atom. The van der Waals surface area contributed by atoms with Crippen LogP contribution in [0.4, 0.5) is 0 Å². The standard InChI is InChI=1S/C25H35NO2/c1-25-12-9-22-21-7-5-19(27)15-17(21)3-6-23(22)24(25)8-4-18(25)11-14-28-20-10-13-26(2)16-20/h5,7,11,15,20,22-24,27H,3-4,6,8-10,12-14,16H2,1-2H3/t20?,22-,23-,24+,25-/m1/s1. The maximum atomic E-state index is 9.86. The number of phenols is 1. The van der Waals surface area contributed by atoms with Gasteiger partial charge in [-0.15, -0.1) is 0 Å². The summed E-state index contributed by atoms with van der Waals surface area (Å²) in [6, 6.07) is 6.12. The number of phenolic OH excluding ortho intramolecular Hbond substituents is 1. The predicted octanol–water partition coefficient (Wildman–Crippen LogP) is 4.90. The van der Waals surface area contributed by atoms with Crippen molar-refractivity contribution in [2.75, 3.05) is 26.7 Å². The Labute approximate surface area is 169 Å². The molecule has 3 nitrogen and oxygen atoms in total. The van der Waals surface area contributed by atoms with E-state index in [0.29, 0.717) is 23.2 Å². The molecule has 5 atom stereocenters. The van der Waals surface area contributed by atoms with Gasteiger partial charge in [-0.05, 0) is 98.4 Å². The van der Waals surface area contributed by atoms with E-state index < -0.39 is 0 Å². The van der Waals surface area contributed by atoms with Crippen molar-refractivity contribution in [3.05, 3.63) is 41.0 Å². The number of nitrogens with zero attached hydrogens (tertiary/aromatic N) is 1. The summed E-state index contributed by atoms with van der Waals surface area (Å²) in [6.07, 6.45) is 11.7. The third-order valence-corrected chi connectivity index (χ3v) is 8.57. The largest absolute Gasteiger partial charge is 0.508 e. The molecule has 3 fully saturated rings. The minimum atomic E-state index is 0.380. The van der Waals surface area contributed by atoms with Gasteiger partial charge in [0.15, 0.2) is 0 Å². The van der Waals surface area contributed by atoms with Crippen LogP contribution in [0.25, 0.3) is 0 Å². The van der Waals surface area contributed by atoms with Crippen LogP contribution in [0.15, 0.2) is 29.8 Å². The topological polar surface area (TPSA) is 32.7 Å². The fourth-order valence-corrected chi connectivity index (χ4v) is 7.07. The SMILES string of the molecule is CN1CCC(OCC=C2CC[C@H]3[C@@H]4CCc5cc(O)ccc5[C@H]4CC[C@]23C)C1. The highest BCUT2D eigenvalue weighted by Crippen LogP contribution is 2.62. The average molecular weight is 382 g/mol. The summed E-state index contributed by atoms with van der Waals surface area (Å²) in [5, 5.41) is 9.86. The van der Waals surface area contributed by atoms with Crippen molar-refractivity contribution in [3.8, 4) is 5.75 Å². The number of likely N-dealkylation sites (N-methyl/N-ethyl adjacent to an activating group) is 1. The molecule has 1 heterocycles. The van der Waals surface area contributed by atoms with E-state index in [1.54, 1.807) is 5.57 Å². The summed E-state index contributed by atoms with van der Waals surface area (Å²) >= 11 is 0. The molecule has 28 heavy (non-hydrogen) atoms. The molecule has 3 aliphatic carbocycles. The highest BCUT2D eigenvalue weighted by atomic mass is 16.5. The first kappa shape index (κ1) is 18.7. The van der Waals surface area contributed by atoms with Gasteiger partial charge < -0.3 is 14.7 Å². The van der Waals surface area contributed by atoms with E-state index in [0.717, 1.165) is 31.4 Å². The number of hydrogen-bond donors (Lipinski definition) is 1. The second kappa shape index (κ2) is 7.18. The van der Waals surface area contributed by atoms with Crippen LogP contribution in [-0.4, -0.2) is 42.9 Å². The molecule has 1 saturated heterocycles. The minimum Gasteiger partial charge on any atom is -0.508 e. The number of benzene rings is 1. The zero-order valence-electron chi connectivity index (χ0n) is 17.5. The van der Waals surface area contributed by atoms with E-state index in [4.69, 9.17) is 4.74 Å². The third-order valence-electron chi connectivity index (χ3n) is 8.57. The van der Waals surface area contributed by atoms with Crippen molar-refractivity contribution in [2.24, 2.45) is 17.3 Å². The zero-order valence-corrected chi connectivity index (χ0v) is 17.5. The smallest absolute Gasteiger partial charge is 0.115 e. The lowest BCUT2D eigenvalue weighted by atomic mass is 9.55. The fourth-order valence-electron chi connectivity index (χ4n) is 7.07. The first-order chi connectivity index (χ1) is 13.5. The normalized spacial score (nSPS) is 39.0. The molecule has 1 N–H and O–H groups in total. The highest BCUT2D eigenvalue weighted by Gasteiger charge is 2.52. The lowest BCUT2D eigenvalue weighted by molar-refractivity contribution is 0.0732. The molecule has 0 spiro atoms. The molecule has 0 aromatic heterocycles.